The highest BCUT2D eigenvalue weighted by Gasteiger charge is 2.17. The number of pyridine rings is 1. The topological polar surface area (TPSA) is 96.7 Å². The summed E-state index contributed by atoms with van der Waals surface area (Å²) in [5.74, 6) is 2.02. The van der Waals surface area contributed by atoms with Gasteiger partial charge in [-0.25, -0.2) is 4.98 Å². The molecular weight excluding hydrogens is 378 g/mol. The number of rotatable bonds is 5. The van der Waals surface area contributed by atoms with E-state index < -0.39 is 0 Å². The first-order valence-electron chi connectivity index (χ1n) is 10.4. The zero-order valence-electron chi connectivity index (χ0n) is 17.2. The van der Waals surface area contributed by atoms with Gasteiger partial charge in [0.1, 0.15) is 5.65 Å². The number of nitrogens with zero attached hydrogens (tertiary/aromatic N) is 7. The van der Waals surface area contributed by atoms with Crippen molar-refractivity contribution in [1.82, 2.24) is 35.0 Å². The summed E-state index contributed by atoms with van der Waals surface area (Å²) in [5, 5.41) is 17.4. The molecule has 5 rings (SSSR count). The molecule has 0 aromatic carbocycles. The number of aromatic nitrogens is 6. The summed E-state index contributed by atoms with van der Waals surface area (Å²) in [7, 11) is 0. The minimum Gasteiger partial charge on any atom is -0.353 e. The third-order valence-electron chi connectivity index (χ3n) is 5.71. The maximum Gasteiger partial charge on any atom is 0.230 e. The predicted octanol–water partition coefficient (Wildman–Crippen LogP) is 2.89. The van der Waals surface area contributed by atoms with Crippen LogP contribution >= 0.6 is 0 Å². The van der Waals surface area contributed by atoms with Crippen LogP contribution in [0.25, 0.3) is 21.9 Å². The maximum absolute atomic E-state index is 4.82. The van der Waals surface area contributed by atoms with Gasteiger partial charge in [-0.3, -0.25) is 4.98 Å². The number of piperazine rings is 1. The minimum absolute atomic E-state index is 0.301. The molecule has 9 nitrogen and oxygen atoms in total. The molecule has 1 aliphatic rings. The van der Waals surface area contributed by atoms with E-state index in [-0.39, 0.29) is 0 Å². The third-order valence-corrected chi connectivity index (χ3v) is 5.71. The smallest absolute Gasteiger partial charge is 0.230 e. The summed E-state index contributed by atoms with van der Waals surface area (Å²) < 4.78 is 2.24. The lowest BCUT2D eigenvalue weighted by atomic mass is 10.2. The molecule has 0 aliphatic carbocycles. The van der Waals surface area contributed by atoms with Gasteiger partial charge in [-0.15, -0.1) is 10.2 Å². The van der Waals surface area contributed by atoms with Gasteiger partial charge < -0.3 is 20.1 Å². The first kappa shape index (κ1) is 18.7. The summed E-state index contributed by atoms with van der Waals surface area (Å²) in [6.45, 7) is 8.19. The van der Waals surface area contributed by atoms with Gasteiger partial charge in [0.05, 0.1) is 11.7 Å². The molecule has 0 unspecified atom stereocenters. The summed E-state index contributed by atoms with van der Waals surface area (Å²) in [4.78, 5) is 15.9. The van der Waals surface area contributed by atoms with Crippen LogP contribution in [0.15, 0.2) is 36.8 Å². The van der Waals surface area contributed by atoms with Gasteiger partial charge in [-0.2, -0.15) is 4.98 Å². The Kier molecular flexibility index (Phi) is 4.88. The molecular formula is C21H25N9. The molecule has 1 saturated heterocycles. The van der Waals surface area contributed by atoms with Crippen LogP contribution < -0.4 is 15.5 Å². The zero-order chi connectivity index (χ0) is 20.5. The van der Waals surface area contributed by atoms with Gasteiger partial charge >= 0.3 is 0 Å². The minimum atomic E-state index is 0.301. The van der Waals surface area contributed by atoms with Crippen molar-refractivity contribution in [3.63, 3.8) is 0 Å². The average molecular weight is 403 g/mol. The van der Waals surface area contributed by atoms with Gasteiger partial charge in [0, 0.05) is 55.4 Å². The molecule has 5 heterocycles. The highest BCUT2D eigenvalue weighted by molar-refractivity contribution is 6.06. The normalized spacial score (nSPS) is 15.6. The Bertz CT molecular complexity index is 1160. The second-order valence-electron chi connectivity index (χ2n) is 7.59. The van der Waals surface area contributed by atoms with Crippen LogP contribution in [0.2, 0.25) is 0 Å². The molecule has 0 bridgehead atoms. The molecule has 4 aromatic heterocycles. The lowest BCUT2D eigenvalue weighted by Gasteiger charge is -2.27. The molecule has 1 aliphatic heterocycles. The second kappa shape index (κ2) is 7.83. The first-order chi connectivity index (χ1) is 14.7. The first-order valence-corrected chi connectivity index (χ1v) is 10.4. The van der Waals surface area contributed by atoms with Crippen molar-refractivity contribution in [2.24, 2.45) is 0 Å². The van der Waals surface area contributed by atoms with Crippen LogP contribution in [0, 0.1) is 0 Å². The molecule has 154 valence electrons. The van der Waals surface area contributed by atoms with E-state index >= 15 is 0 Å². The zero-order valence-corrected chi connectivity index (χ0v) is 17.2. The van der Waals surface area contributed by atoms with Crippen molar-refractivity contribution in [1.29, 1.82) is 0 Å². The molecule has 1 atom stereocenters. The monoisotopic (exact) mass is 403 g/mol. The number of fused-ring (bicyclic) bond motifs is 3. The predicted molar refractivity (Wildman–Crippen MR) is 118 cm³/mol. The van der Waals surface area contributed by atoms with Crippen LogP contribution in [0.5, 0.6) is 0 Å². The largest absolute Gasteiger partial charge is 0.353 e. The van der Waals surface area contributed by atoms with Crippen LogP contribution in [-0.2, 0) is 0 Å². The highest BCUT2D eigenvalue weighted by atomic mass is 15.3. The molecule has 1 fully saturated rings. The molecule has 0 spiro atoms. The Morgan fingerprint density at radius 2 is 1.97 bits per heavy atom. The van der Waals surface area contributed by atoms with Crippen LogP contribution in [-0.4, -0.2) is 55.9 Å². The van der Waals surface area contributed by atoms with Crippen molar-refractivity contribution >= 4 is 39.5 Å². The summed E-state index contributed by atoms with van der Waals surface area (Å²) in [6, 6.07) is 6.23. The number of hydrogen-bond donors (Lipinski definition) is 2. The second-order valence-corrected chi connectivity index (χ2v) is 7.59. The third kappa shape index (κ3) is 3.30. The lowest BCUT2D eigenvalue weighted by Crippen LogP contribution is -2.43. The SMILES string of the molecule is CC[C@H](C)n1c2cnccc2c2cnc(Nc3ccc(N4CCNCC4)nn3)nc21. The lowest BCUT2D eigenvalue weighted by molar-refractivity contribution is 0.559. The Hall–Kier alpha value is -3.33. The Labute approximate surface area is 174 Å². The number of anilines is 3. The van der Waals surface area contributed by atoms with E-state index in [1.165, 1.54) is 0 Å². The highest BCUT2D eigenvalue weighted by Crippen LogP contribution is 2.31. The molecule has 0 saturated carbocycles. The number of hydrogen-bond acceptors (Lipinski definition) is 8. The molecule has 30 heavy (non-hydrogen) atoms. The fourth-order valence-electron chi connectivity index (χ4n) is 3.92. The molecule has 2 N–H and O–H groups in total. The van der Waals surface area contributed by atoms with E-state index in [1.807, 2.05) is 36.8 Å². The van der Waals surface area contributed by atoms with Crippen molar-refractivity contribution in [2.75, 3.05) is 36.4 Å². The molecule has 9 heteroatoms. The Morgan fingerprint density at radius 1 is 1.10 bits per heavy atom. The van der Waals surface area contributed by atoms with Gasteiger partial charge in [0.2, 0.25) is 5.95 Å². The van der Waals surface area contributed by atoms with Crippen molar-refractivity contribution < 1.29 is 0 Å². The van der Waals surface area contributed by atoms with E-state index in [4.69, 9.17) is 4.98 Å². The van der Waals surface area contributed by atoms with E-state index in [0.717, 1.165) is 60.4 Å². The summed E-state index contributed by atoms with van der Waals surface area (Å²) in [6.07, 6.45) is 6.58. The molecule has 0 amide bonds. The molecule has 0 radical (unpaired) electrons. The fraction of sp³-hybridized carbons (Fsp3) is 0.381. The van der Waals surface area contributed by atoms with Gasteiger partial charge in [-0.05, 0) is 31.5 Å². The van der Waals surface area contributed by atoms with Gasteiger partial charge in [0.15, 0.2) is 11.6 Å². The van der Waals surface area contributed by atoms with Crippen molar-refractivity contribution in [3.8, 4) is 0 Å². The quantitative estimate of drug-likeness (QED) is 0.525. The van der Waals surface area contributed by atoms with Crippen LogP contribution in [0.4, 0.5) is 17.6 Å². The summed E-state index contributed by atoms with van der Waals surface area (Å²) >= 11 is 0. The van der Waals surface area contributed by atoms with E-state index in [0.29, 0.717) is 17.8 Å². The number of nitrogens with one attached hydrogen (secondary N) is 2. The maximum atomic E-state index is 4.82. The van der Waals surface area contributed by atoms with E-state index in [2.05, 4.69) is 54.1 Å². The van der Waals surface area contributed by atoms with E-state index in [1.54, 1.807) is 0 Å². The van der Waals surface area contributed by atoms with Crippen LogP contribution in [0.3, 0.4) is 0 Å². The Morgan fingerprint density at radius 3 is 2.73 bits per heavy atom. The van der Waals surface area contributed by atoms with Gasteiger partial charge in [-0.1, -0.05) is 6.92 Å². The van der Waals surface area contributed by atoms with Crippen molar-refractivity contribution in [2.45, 2.75) is 26.3 Å². The standard InChI is InChI=1S/C21H25N9/c1-3-14(2)30-17-13-23-7-6-15(17)16-12-24-21(26-20(16)30)25-18-4-5-19(28-27-18)29-10-8-22-9-11-29/h4-7,12-14,22H,3,8-11H2,1-2H3,(H,24,25,26,27)/t14-/m0/s1. The van der Waals surface area contributed by atoms with Crippen LogP contribution in [0.1, 0.15) is 26.3 Å². The molecule has 4 aromatic rings. The van der Waals surface area contributed by atoms with Crippen molar-refractivity contribution in [3.05, 3.63) is 36.8 Å². The Balaban J connectivity index is 1.47. The average Bonchev–Trinajstić information content (AvgIpc) is 3.13. The summed E-state index contributed by atoms with van der Waals surface area (Å²) in [5.41, 5.74) is 1.98. The fourth-order valence-corrected chi connectivity index (χ4v) is 3.92. The van der Waals surface area contributed by atoms with E-state index in [9.17, 15) is 0 Å². The van der Waals surface area contributed by atoms with Gasteiger partial charge in [0.25, 0.3) is 0 Å².